The largest absolute Gasteiger partial charge is 0.364 e. The van der Waals surface area contributed by atoms with E-state index in [-0.39, 0.29) is 24.7 Å². The number of thiazole rings is 1. The van der Waals surface area contributed by atoms with E-state index in [1.807, 2.05) is 23.6 Å². The fourth-order valence-electron chi connectivity index (χ4n) is 3.10. The van der Waals surface area contributed by atoms with Crippen molar-refractivity contribution < 1.29 is 9.53 Å². The maximum absolute atomic E-state index is 12.2. The maximum atomic E-state index is 12.2. The van der Waals surface area contributed by atoms with Gasteiger partial charge in [-0.3, -0.25) is 14.9 Å². The lowest BCUT2D eigenvalue weighted by Crippen LogP contribution is -2.19. The fourth-order valence-corrected chi connectivity index (χ4v) is 3.84. The third-order valence-electron chi connectivity index (χ3n) is 4.76. The number of aromatic amines is 1. The molecule has 0 fully saturated rings. The van der Waals surface area contributed by atoms with Gasteiger partial charge in [0.15, 0.2) is 5.13 Å². The number of benzene rings is 2. The highest BCUT2D eigenvalue weighted by Crippen LogP contribution is 2.26. The Balaban J connectivity index is 1.32. The Kier molecular flexibility index (Phi) is 6.20. The number of carbonyl (C=O) groups is 1. The van der Waals surface area contributed by atoms with Crippen molar-refractivity contribution in [3.63, 3.8) is 0 Å². The van der Waals surface area contributed by atoms with Crippen molar-refractivity contribution in [1.29, 1.82) is 0 Å². The van der Waals surface area contributed by atoms with E-state index < -0.39 is 0 Å². The maximum Gasteiger partial charge on any atom is 0.258 e. The van der Waals surface area contributed by atoms with Gasteiger partial charge < -0.3 is 9.72 Å². The molecule has 4 rings (SSSR count). The summed E-state index contributed by atoms with van der Waals surface area (Å²) in [4.78, 5) is 35.8. The van der Waals surface area contributed by atoms with Crippen LogP contribution in [0.4, 0.5) is 5.13 Å². The minimum atomic E-state index is -0.320. The van der Waals surface area contributed by atoms with E-state index in [0.29, 0.717) is 27.8 Å². The summed E-state index contributed by atoms with van der Waals surface area (Å²) in [5.41, 5.74) is 3.45. The number of aromatic nitrogens is 3. The van der Waals surface area contributed by atoms with Crippen LogP contribution >= 0.6 is 11.3 Å². The van der Waals surface area contributed by atoms with Crippen molar-refractivity contribution in [3.8, 4) is 11.3 Å². The predicted octanol–water partition coefficient (Wildman–Crippen LogP) is 4.33. The van der Waals surface area contributed by atoms with Gasteiger partial charge in [0.25, 0.3) is 11.5 Å². The van der Waals surface area contributed by atoms with Gasteiger partial charge >= 0.3 is 0 Å². The van der Waals surface area contributed by atoms with E-state index in [9.17, 15) is 9.59 Å². The number of amides is 1. The number of nitrogens with one attached hydrogen (secondary N) is 2. The normalized spacial score (nSPS) is 11.2. The Labute approximate surface area is 183 Å². The summed E-state index contributed by atoms with van der Waals surface area (Å²) in [6.45, 7) is 4.16. The standard InChI is InChI=1S/C23H22N4O3S/c1-14(2)15-7-9-16(10-8-15)19-13-31-23(25-19)27-21(28)12-30-11-20-24-18-6-4-3-5-17(18)22(29)26-20/h3-10,13-14H,11-12H2,1-2H3,(H,24,26,29)(H,25,27,28). The van der Waals surface area contributed by atoms with E-state index in [1.54, 1.807) is 18.2 Å². The number of hydrogen-bond acceptors (Lipinski definition) is 6. The van der Waals surface area contributed by atoms with Crippen LogP contribution in [0.5, 0.6) is 0 Å². The highest BCUT2D eigenvalue weighted by atomic mass is 32.1. The molecule has 8 heteroatoms. The molecule has 0 aliphatic carbocycles. The van der Waals surface area contributed by atoms with Crippen LogP contribution in [0.3, 0.4) is 0 Å². The van der Waals surface area contributed by atoms with E-state index >= 15 is 0 Å². The first kappa shape index (κ1) is 20.9. The lowest BCUT2D eigenvalue weighted by atomic mass is 10.0. The number of ether oxygens (including phenoxy) is 1. The second-order valence-electron chi connectivity index (χ2n) is 7.39. The Morgan fingerprint density at radius 2 is 1.90 bits per heavy atom. The van der Waals surface area contributed by atoms with Gasteiger partial charge in [0.2, 0.25) is 0 Å². The first-order valence-corrected chi connectivity index (χ1v) is 10.8. The lowest BCUT2D eigenvalue weighted by molar-refractivity contribution is -0.121. The molecule has 0 radical (unpaired) electrons. The topological polar surface area (TPSA) is 97.0 Å². The van der Waals surface area contributed by atoms with Crippen LogP contribution in [0, 0.1) is 0 Å². The van der Waals surface area contributed by atoms with E-state index in [2.05, 4.69) is 46.2 Å². The van der Waals surface area contributed by atoms with Gasteiger partial charge in [-0.05, 0) is 23.6 Å². The molecule has 0 atom stereocenters. The van der Waals surface area contributed by atoms with Gasteiger partial charge in [-0.2, -0.15) is 0 Å². The molecule has 2 N–H and O–H groups in total. The van der Waals surface area contributed by atoms with E-state index in [1.165, 1.54) is 16.9 Å². The molecular formula is C23H22N4O3S. The third-order valence-corrected chi connectivity index (χ3v) is 5.52. The van der Waals surface area contributed by atoms with Crippen molar-refractivity contribution in [2.75, 3.05) is 11.9 Å². The molecule has 0 unspecified atom stereocenters. The number of H-pyrrole nitrogens is 1. The van der Waals surface area contributed by atoms with Gasteiger partial charge in [0, 0.05) is 10.9 Å². The van der Waals surface area contributed by atoms with Gasteiger partial charge in [-0.25, -0.2) is 9.97 Å². The van der Waals surface area contributed by atoms with Crippen molar-refractivity contribution in [3.05, 3.63) is 75.7 Å². The molecule has 158 valence electrons. The number of para-hydroxylation sites is 1. The zero-order valence-electron chi connectivity index (χ0n) is 17.2. The highest BCUT2D eigenvalue weighted by Gasteiger charge is 2.10. The summed E-state index contributed by atoms with van der Waals surface area (Å²) < 4.78 is 5.42. The van der Waals surface area contributed by atoms with Crippen LogP contribution in [0.2, 0.25) is 0 Å². The smallest absolute Gasteiger partial charge is 0.258 e. The molecular weight excluding hydrogens is 412 g/mol. The number of hydrogen-bond donors (Lipinski definition) is 2. The minimum absolute atomic E-state index is 0.0266. The average Bonchev–Trinajstić information content (AvgIpc) is 3.22. The number of fused-ring (bicyclic) bond motifs is 1. The number of anilines is 1. The quantitative estimate of drug-likeness (QED) is 0.451. The Morgan fingerprint density at radius 1 is 1.13 bits per heavy atom. The molecule has 2 aromatic heterocycles. The van der Waals surface area contributed by atoms with Crippen LogP contribution in [0.15, 0.2) is 58.7 Å². The molecule has 0 spiro atoms. The first-order chi connectivity index (χ1) is 15.0. The molecule has 0 bridgehead atoms. The molecule has 2 heterocycles. The molecule has 31 heavy (non-hydrogen) atoms. The first-order valence-electron chi connectivity index (χ1n) is 9.91. The minimum Gasteiger partial charge on any atom is -0.364 e. The molecule has 0 saturated carbocycles. The van der Waals surface area contributed by atoms with Crippen LogP contribution in [-0.2, 0) is 16.1 Å². The summed E-state index contributed by atoms with van der Waals surface area (Å²) in [5, 5.41) is 5.67. The second-order valence-corrected chi connectivity index (χ2v) is 8.24. The molecule has 0 aliphatic heterocycles. The third kappa shape index (κ3) is 5.04. The molecule has 2 aromatic carbocycles. The zero-order valence-corrected chi connectivity index (χ0v) is 18.0. The number of carbonyl (C=O) groups excluding carboxylic acids is 1. The van der Waals surface area contributed by atoms with Gasteiger partial charge in [0.05, 0.1) is 16.6 Å². The van der Waals surface area contributed by atoms with Crippen molar-refractivity contribution in [1.82, 2.24) is 15.0 Å². The van der Waals surface area contributed by atoms with Crippen molar-refractivity contribution in [2.45, 2.75) is 26.4 Å². The summed E-state index contributed by atoms with van der Waals surface area (Å²) in [5.74, 6) is 0.527. The van der Waals surface area contributed by atoms with Crippen molar-refractivity contribution >= 4 is 33.3 Å². The van der Waals surface area contributed by atoms with Crippen LogP contribution in [0.1, 0.15) is 31.2 Å². The van der Waals surface area contributed by atoms with Crippen molar-refractivity contribution in [2.24, 2.45) is 0 Å². The Hall–Kier alpha value is -3.36. The molecule has 0 saturated heterocycles. The highest BCUT2D eigenvalue weighted by molar-refractivity contribution is 7.14. The zero-order chi connectivity index (χ0) is 21.8. The molecule has 1 amide bonds. The molecule has 4 aromatic rings. The second kappa shape index (κ2) is 9.20. The van der Waals surface area contributed by atoms with Gasteiger partial charge in [0.1, 0.15) is 19.0 Å². The number of nitrogens with zero attached hydrogens (tertiary/aromatic N) is 2. The van der Waals surface area contributed by atoms with Crippen LogP contribution < -0.4 is 10.9 Å². The summed E-state index contributed by atoms with van der Waals surface area (Å²) in [7, 11) is 0. The summed E-state index contributed by atoms with van der Waals surface area (Å²) in [6.07, 6.45) is 0. The van der Waals surface area contributed by atoms with Crippen LogP contribution in [0.25, 0.3) is 22.2 Å². The Bertz CT molecular complexity index is 1260. The summed E-state index contributed by atoms with van der Waals surface area (Å²) in [6, 6.07) is 15.3. The SMILES string of the molecule is CC(C)c1ccc(-c2csc(NC(=O)COCc3nc4ccccc4c(=O)[nH]3)n2)cc1. The average molecular weight is 435 g/mol. The fraction of sp³-hybridized carbons (Fsp3) is 0.217. The molecule has 7 nitrogen and oxygen atoms in total. The lowest BCUT2D eigenvalue weighted by Gasteiger charge is -2.06. The van der Waals surface area contributed by atoms with Gasteiger partial charge in [-0.1, -0.05) is 50.2 Å². The number of rotatable bonds is 7. The summed E-state index contributed by atoms with van der Waals surface area (Å²) >= 11 is 1.36. The predicted molar refractivity (Wildman–Crippen MR) is 122 cm³/mol. The van der Waals surface area contributed by atoms with Crippen LogP contribution in [-0.4, -0.2) is 27.5 Å². The van der Waals surface area contributed by atoms with E-state index in [4.69, 9.17) is 4.74 Å². The molecule has 0 aliphatic rings. The van der Waals surface area contributed by atoms with Gasteiger partial charge in [-0.15, -0.1) is 11.3 Å². The Morgan fingerprint density at radius 3 is 2.68 bits per heavy atom. The van der Waals surface area contributed by atoms with E-state index in [0.717, 1.165) is 11.3 Å². The monoisotopic (exact) mass is 434 g/mol.